The summed E-state index contributed by atoms with van der Waals surface area (Å²) in [4.78, 5) is 39.9. The van der Waals surface area contributed by atoms with E-state index in [1.165, 1.54) is 6.92 Å². The van der Waals surface area contributed by atoms with Gasteiger partial charge in [-0.1, -0.05) is 45.1 Å². The molecular formula is C35H56N2O10. The number of nitrogens with zero attached hydrogens (tertiary/aromatic N) is 1. The first-order valence-electron chi connectivity index (χ1n) is 16.9. The van der Waals surface area contributed by atoms with E-state index in [9.17, 15) is 29.7 Å². The lowest BCUT2D eigenvalue weighted by atomic mass is 9.88. The fourth-order valence-corrected chi connectivity index (χ4v) is 6.26. The van der Waals surface area contributed by atoms with E-state index in [0.717, 1.165) is 0 Å². The Hall–Kier alpha value is -2.77. The second-order valence-electron chi connectivity index (χ2n) is 13.8. The Balaban J connectivity index is 1.82. The molecule has 5 unspecified atom stereocenters. The van der Waals surface area contributed by atoms with E-state index in [2.05, 4.69) is 5.32 Å². The standard InChI is InChI=1S/C35H56N2O10/c1-8-27(40)24(4)32-28(44-32)21-34(6,43)14-9-10-22(2)31-23(3)11-12-29(45-33(42)37-18-16-36-17-19-37)35(7,47-25(5)38)15-13-26(39)20-30(41)46-31/h9-12,14,23-24,26-29,31-32,36,39-40,43H,8,13,15-21H2,1-7H3/b12-11?,14-9+,22-10+/t23?,24-,26?,27+,28-,29?,31?,32-,34+,35?/m1/s1. The van der Waals surface area contributed by atoms with Gasteiger partial charge in [0.1, 0.15) is 11.7 Å². The summed E-state index contributed by atoms with van der Waals surface area (Å²) in [7, 11) is 0. The first-order valence-corrected chi connectivity index (χ1v) is 16.9. The molecule has 3 heterocycles. The highest BCUT2D eigenvalue weighted by Gasteiger charge is 2.47. The zero-order valence-corrected chi connectivity index (χ0v) is 29.0. The summed E-state index contributed by atoms with van der Waals surface area (Å²) >= 11 is 0. The molecule has 0 aromatic heterocycles. The van der Waals surface area contributed by atoms with Crippen molar-refractivity contribution in [1.82, 2.24) is 10.2 Å². The van der Waals surface area contributed by atoms with Crippen molar-refractivity contribution >= 4 is 18.0 Å². The number of esters is 2. The minimum absolute atomic E-state index is 0.0205. The Morgan fingerprint density at radius 1 is 1.26 bits per heavy atom. The first-order chi connectivity index (χ1) is 22.0. The molecule has 3 rings (SSSR count). The quantitative estimate of drug-likeness (QED) is 0.0891. The number of carbonyl (C=O) groups excluding carboxylic acids is 3. The molecule has 266 valence electrons. The van der Waals surface area contributed by atoms with E-state index in [1.807, 2.05) is 27.7 Å². The van der Waals surface area contributed by atoms with Crippen molar-refractivity contribution in [3.63, 3.8) is 0 Å². The third-order valence-electron chi connectivity index (χ3n) is 9.33. The molecule has 0 bridgehead atoms. The molecule has 0 spiro atoms. The maximum Gasteiger partial charge on any atom is 0.410 e. The fraction of sp³-hybridized carbons (Fsp3) is 0.743. The molecule has 2 saturated heterocycles. The highest BCUT2D eigenvalue weighted by molar-refractivity contribution is 5.71. The number of rotatable bonds is 10. The van der Waals surface area contributed by atoms with Crippen LogP contribution in [0.2, 0.25) is 0 Å². The van der Waals surface area contributed by atoms with Gasteiger partial charge in [0, 0.05) is 51.4 Å². The Bertz CT molecular complexity index is 1160. The molecule has 0 aliphatic carbocycles. The molecule has 12 heteroatoms. The van der Waals surface area contributed by atoms with Crippen LogP contribution in [0.4, 0.5) is 4.79 Å². The van der Waals surface area contributed by atoms with Gasteiger partial charge in [-0.25, -0.2) is 4.79 Å². The highest BCUT2D eigenvalue weighted by atomic mass is 16.6. The number of aliphatic hydroxyl groups is 3. The molecule has 4 N–H and O–H groups in total. The topological polar surface area (TPSA) is 167 Å². The highest BCUT2D eigenvalue weighted by Crippen LogP contribution is 2.37. The predicted octanol–water partition coefficient (Wildman–Crippen LogP) is 3.19. The van der Waals surface area contributed by atoms with E-state index in [4.69, 9.17) is 18.9 Å². The van der Waals surface area contributed by atoms with E-state index in [-0.39, 0.29) is 37.4 Å². The van der Waals surface area contributed by atoms with Gasteiger partial charge < -0.3 is 44.5 Å². The summed E-state index contributed by atoms with van der Waals surface area (Å²) < 4.78 is 23.3. The molecule has 2 fully saturated rings. The molecule has 3 aliphatic rings. The predicted molar refractivity (Wildman–Crippen MR) is 175 cm³/mol. The third kappa shape index (κ3) is 11.7. The van der Waals surface area contributed by atoms with Gasteiger partial charge in [-0.2, -0.15) is 0 Å². The number of hydrogen-bond acceptors (Lipinski definition) is 11. The normalized spacial score (nSPS) is 33.5. The summed E-state index contributed by atoms with van der Waals surface area (Å²) in [5.41, 5.74) is -1.79. The smallest absolute Gasteiger partial charge is 0.410 e. The monoisotopic (exact) mass is 664 g/mol. The largest absolute Gasteiger partial charge is 0.457 e. The van der Waals surface area contributed by atoms with Gasteiger partial charge in [-0.05, 0) is 51.7 Å². The van der Waals surface area contributed by atoms with Crippen LogP contribution in [0.15, 0.2) is 36.0 Å². The number of hydrogen-bond donors (Lipinski definition) is 4. The number of ether oxygens (including phenoxy) is 4. The molecule has 0 saturated carbocycles. The van der Waals surface area contributed by atoms with Gasteiger partial charge in [0.15, 0.2) is 6.10 Å². The molecule has 47 heavy (non-hydrogen) atoms. The van der Waals surface area contributed by atoms with E-state index < -0.39 is 59.6 Å². The lowest BCUT2D eigenvalue weighted by Crippen LogP contribution is -2.51. The number of epoxide rings is 1. The summed E-state index contributed by atoms with van der Waals surface area (Å²) in [6.45, 7) is 14.4. The minimum Gasteiger partial charge on any atom is -0.457 e. The SMILES string of the molecule is CC[C@H](O)[C@@H](C)[C@H]1O[C@@H]1C[C@@](C)(O)/C=C/C=C(\C)C1OC(=O)CC(O)CCC(C)(OC(C)=O)C(OC(=O)N2CCNCC2)C=CC1C. The number of nitrogens with one attached hydrogen (secondary N) is 1. The summed E-state index contributed by atoms with van der Waals surface area (Å²) in [5.74, 6) is -1.57. The van der Waals surface area contributed by atoms with Crippen LogP contribution in [0.25, 0.3) is 0 Å². The van der Waals surface area contributed by atoms with Crippen molar-refractivity contribution in [3.8, 4) is 0 Å². The van der Waals surface area contributed by atoms with Gasteiger partial charge in [0.2, 0.25) is 0 Å². The zero-order chi connectivity index (χ0) is 34.9. The second kappa shape index (κ2) is 17.1. The summed E-state index contributed by atoms with van der Waals surface area (Å²) in [5, 5.41) is 35.1. The summed E-state index contributed by atoms with van der Waals surface area (Å²) in [6.07, 6.45) is 5.54. The van der Waals surface area contributed by atoms with Crippen LogP contribution >= 0.6 is 0 Å². The van der Waals surface area contributed by atoms with Crippen LogP contribution in [0, 0.1) is 11.8 Å². The molecule has 1 amide bonds. The average molecular weight is 665 g/mol. The zero-order valence-electron chi connectivity index (χ0n) is 29.0. The maximum absolute atomic E-state index is 13.2. The first kappa shape index (κ1) is 38.7. The van der Waals surface area contributed by atoms with Crippen LogP contribution in [0.3, 0.4) is 0 Å². The Labute approximate surface area is 279 Å². The van der Waals surface area contributed by atoms with Crippen molar-refractivity contribution in [1.29, 1.82) is 0 Å². The number of carbonyl (C=O) groups is 3. The van der Waals surface area contributed by atoms with Crippen molar-refractivity contribution in [3.05, 3.63) is 36.0 Å². The van der Waals surface area contributed by atoms with Crippen LogP contribution in [-0.4, -0.2) is 112 Å². The Morgan fingerprint density at radius 2 is 1.94 bits per heavy atom. The number of cyclic esters (lactones) is 1. The number of allylic oxidation sites excluding steroid dienone is 2. The van der Waals surface area contributed by atoms with Crippen LogP contribution < -0.4 is 5.32 Å². The van der Waals surface area contributed by atoms with Crippen molar-refractivity contribution < 1.29 is 48.7 Å². The number of piperazine rings is 1. The molecule has 12 nitrogen and oxygen atoms in total. The molecule has 3 aliphatic heterocycles. The van der Waals surface area contributed by atoms with E-state index in [0.29, 0.717) is 44.6 Å². The molecular weight excluding hydrogens is 608 g/mol. The van der Waals surface area contributed by atoms with Crippen molar-refractivity contribution in [2.24, 2.45) is 11.8 Å². The van der Waals surface area contributed by atoms with Gasteiger partial charge in [-0.15, -0.1) is 0 Å². The summed E-state index contributed by atoms with van der Waals surface area (Å²) in [6, 6.07) is 0. The Morgan fingerprint density at radius 3 is 2.57 bits per heavy atom. The van der Waals surface area contributed by atoms with Crippen molar-refractivity contribution in [2.45, 2.75) is 128 Å². The van der Waals surface area contributed by atoms with Crippen LogP contribution in [-0.2, 0) is 28.5 Å². The van der Waals surface area contributed by atoms with Crippen molar-refractivity contribution in [2.75, 3.05) is 26.2 Å². The Kier molecular flexibility index (Phi) is 14.0. The molecule has 10 atom stereocenters. The van der Waals surface area contributed by atoms with Gasteiger partial charge >= 0.3 is 18.0 Å². The number of aliphatic hydroxyl groups excluding tert-OH is 2. The second-order valence-corrected chi connectivity index (χ2v) is 13.8. The maximum atomic E-state index is 13.2. The molecule has 0 aromatic rings. The van der Waals surface area contributed by atoms with E-state index in [1.54, 1.807) is 49.1 Å². The lowest BCUT2D eigenvalue weighted by Gasteiger charge is -2.37. The van der Waals surface area contributed by atoms with Gasteiger partial charge in [-0.3, -0.25) is 9.59 Å². The third-order valence-corrected chi connectivity index (χ3v) is 9.33. The van der Waals surface area contributed by atoms with E-state index >= 15 is 0 Å². The fourth-order valence-electron chi connectivity index (χ4n) is 6.26. The average Bonchev–Trinajstić information content (AvgIpc) is 3.77. The van der Waals surface area contributed by atoms with Crippen LogP contribution in [0.1, 0.15) is 80.6 Å². The number of amides is 1. The van der Waals surface area contributed by atoms with Gasteiger partial charge in [0.25, 0.3) is 0 Å². The van der Waals surface area contributed by atoms with Gasteiger partial charge in [0.05, 0.1) is 36.4 Å². The minimum atomic E-state index is -1.30. The lowest BCUT2D eigenvalue weighted by molar-refractivity contribution is -0.168. The van der Waals surface area contributed by atoms with Crippen LogP contribution in [0.5, 0.6) is 0 Å². The molecule has 0 radical (unpaired) electrons. The molecule has 0 aromatic carbocycles.